The Morgan fingerprint density at radius 1 is 0.870 bits per heavy atom. The number of esters is 3. The molecule has 0 atom stereocenters. The van der Waals surface area contributed by atoms with Gasteiger partial charge in [-0.25, -0.2) is 19.4 Å². The van der Waals surface area contributed by atoms with Crippen LogP contribution in [0, 0.1) is 0 Å². The maximum atomic E-state index is 12.0. The fraction of sp³-hybridized carbons (Fsp3) is 0.125. The quantitative estimate of drug-likeness (QED) is 0.628. The summed E-state index contributed by atoms with van der Waals surface area (Å²) >= 11 is 0. The molecule has 0 aliphatic heterocycles. The Hall–Kier alpha value is -3.22. The summed E-state index contributed by atoms with van der Waals surface area (Å²) < 4.78 is 14.4. The van der Waals surface area contributed by atoms with Crippen molar-refractivity contribution in [3.05, 3.63) is 59.4 Å². The summed E-state index contributed by atoms with van der Waals surface area (Å²) in [6.07, 6.45) is 1.45. The lowest BCUT2D eigenvalue weighted by atomic mass is 10.1. The van der Waals surface area contributed by atoms with E-state index < -0.39 is 17.9 Å². The monoisotopic (exact) mass is 315 g/mol. The molecule has 118 valence electrons. The van der Waals surface area contributed by atoms with Crippen molar-refractivity contribution in [2.24, 2.45) is 0 Å². The number of carbonyl (C=O) groups is 3. The van der Waals surface area contributed by atoms with Crippen LogP contribution >= 0.6 is 0 Å². The molecule has 0 unspecified atom stereocenters. The third-order valence-electron chi connectivity index (χ3n) is 2.83. The van der Waals surface area contributed by atoms with Crippen molar-refractivity contribution < 1.29 is 28.6 Å². The van der Waals surface area contributed by atoms with Crippen LogP contribution in [0.2, 0.25) is 0 Å². The van der Waals surface area contributed by atoms with E-state index in [0.717, 1.165) is 0 Å². The number of aromatic nitrogens is 1. The van der Waals surface area contributed by atoms with Gasteiger partial charge in [0.15, 0.2) is 0 Å². The highest BCUT2D eigenvalue weighted by Crippen LogP contribution is 2.20. The van der Waals surface area contributed by atoms with E-state index in [0.29, 0.717) is 0 Å². The van der Waals surface area contributed by atoms with Crippen LogP contribution in [-0.4, -0.2) is 37.1 Å². The van der Waals surface area contributed by atoms with Crippen LogP contribution in [0.1, 0.15) is 31.2 Å². The average molecular weight is 315 g/mol. The van der Waals surface area contributed by atoms with Crippen LogP contribution in [0.15, 0.2) is 42.6 Å². The number of ether oxygens (including phenoxy) is 3. The molecule has 7 heteroatoms. The lowest BCUT2D eigenvalue weighted by molar-refractivity contribution is 0.0593. The van der Waals surface area contributed by atoms with Crippen LogP contribution in [0.25, 0.3) is 0 Å². The van der Waals surface area contributed by atoms with E-state index in [9.17, 15) is 14.4 Å². The zero-order chi connectivity index (χ0) is 16.8. The molecule has 0 saturated heterocycles. The first kappa shape index (κ1) is 16.2. The Morgan fingerprint density at radius 2 is 1.48 bits per heavy atom. The van der Waals surface area contributed by atoms with Gasteiger partial charge < -0.3 is 14.2 Å². The lowest BCUT2D eigenvalue weighted by Crippen LogP contribution is -2.12. The smallest absolute Gasteiger partial charge is 0.362 e. The van der Waals surface area contributed by atoms with Gasteiger partial charge >= 0.3 is 17.9 Å². The SMILES string of the molecule is COC(=O)c1cc(OC(=O)c2ccccn2)cc(C(=O)OC)c1. The number of hydrogen-bond donors (Lipinski definition) is 0. The fourth-order valence-electron chi connectivity index (χ4n) is 1.77. The van der Waals surface area contributed by atoms with E-state index in [1.807, 2.05) is 0 Å². The third kappa shape index (κ3) is 3.91. The zero-order valence-corrected chi connectivity index (χ0v) is 12.4. The first-order valence-electron chi connectivity index (χ1n) is 6.50. The Bertz CT molecular complexity index is 707. The lowest BCUT2D eigenvalue weighted by Gasteiger charge is -2.08. The van der Waals surface area contributed by atoms with Crippen LogP contribution in [0.3, 0.4) is 0 Å². The highest BCUT2D eigenvalue weighted by atomic mass is 16.5. The summed E-state index contributed by atoms with van der Waals surface area (Å²) in [7, 11) is 2.40. The second kappa shape index (κ2) is 7.17. The highest BCUT2D eigenvalue weighted by Gasteiger charge is 2.17. The third-order valence-corrected chi connectivity index (χ3v) is 2.83. The van der Waals surface area contributed by atoms with Crippen molar-refractivity contribution in [1.29, 1.82) is 0 Å². The maximum Gasteiger partial charge on any atom is 0.362 e. The summed E-state index contributed by atoms with van der Waals surface area (Å²) in [4.78, 5) is 39.2. The van der Waals surface area contributed by atoms with Crippen LogP contribution in [0.5, 0.6) is 5.75 Å². The summed E-state index contributed by atoms with van der Waals surface area (Å²) in [5, 5.41) is 0. The van der Waals surface area contributed by atoms with E-state index >= 15 is 0 Å². The number of benzene rings is 1. The zero-order valence-electron chi connectivity index (χ0n) is 12.4. The highest BCUT2D eigenvalue weighted by molar-refractivity contribution is 5.96. The number of carbonyl (C=O) groups excluding carboxylic acids is 3. The Kier molecular flexibility index (Phi) is 5.03. The molecular formula is C16H13NO6. The van der Waals surface area contributed by atoms with Gasteiger partial charge in [0.05, 0.1) is 25.3 Å². The van der Waals surface area contributed by atoms with Gasteiger partial charge in [-0.3, -0.25) is 0 Å². The minimum atomic E-state index is -0.719. The van der Waals surface area contributed by atoms with Gasteiger partial charge in [0.1, 0.15) is 11.4 Å². The summed E-state index contributed by atoms with van der Waals surface area (Å²) in [6, 6.07) is 8.64. The molecule has 0 aliphatic carbocycles. The number of pyridine rings is 1. The van der Waals surface area contributed by atoms with Gasteiger partial charge in [-0.15, -0.1) is 0 Å². The van der Waals surface area contributed by atoms with Gasteiger partial charge in [-0.2, -0.15) is 0 Å². The Balaban J connectivity index is 2.35. The number of rotatable bonds is 4. The molecule has 1 aromatic carbocycles. The number of methoxy groups -OCH3 is 2. The van der Waals surface area contributed by atoms with Gasteiger partial charge in [0, 0.05) is 6.20 Å². The minimum absolute atomic E-state index is 0.00366. The molecule has 0 bridgehead atoms. The molecule has 2 rings (SSSR count). The molecule has 0 fully saturated rings. The molecule has 0 N–H and O–H groups in total. The van der Waals surface area contributed by atoms with Crippen molar-refractivity contribution in [2.75, 3.05) is 14.2 Å². The Morgan fingerprint density at radius 3 is 1.96 bits per heavy atom. The standard InChI is InChI=1S/C16H13NO6/c1-21-14(18)10-7-11(15(19)22-2)9-12(8-10)23-16(20)13-5-3-4-6-17-13/h3-9H,1-2H3. The first-order chi connectivity index (χ1) is 11.0. The predicted octanol–water partition coefficient (Wildman–Crippen LogP) is 1.87. The van der Waals surface area contributed by atoms with E-state index in [2.05, 4.69) is 14.5 Å². The number of nitrogens with zero attached hydrogens (tertiary/aromatic N) is 1. The minimum Gasteiger partial charge on any atom is -0.465 e. The van der Waals surface area contributed by atoms with Crippen molar-refractivity contribution in [3.63, 3.8) is 0 Å². The van der Waals surface area contributed by atoms with Crippen molar-refractivity contribution in [3.8, 4) is 5.75 Å². The first-order valence-corrected chi connectivity index (χ1v) is 6.50. The van der Waals surface area contributed by atoms with E-state index in [1.54, 1.807) is 12.1 Å². The van der Waals surface area contributed by atoms with E-state index in [4.69, 9.17) is 4.74 Å². The summed E-state index contributed by atoms with van der Waals surface area (Å²) in [5.74, 6) is -2.07. The van der Waals surface area contributed by atoms with Crippen molar-refractivity contribution >= 4 is 17.9 Å². The normalized spacial score (nSPS) is 9.83. The molecule has 1 heterocycles. The molecule has 0 saturated carbocycles. The van der Waals surface area contributed by atoms with Gasteiger partial charge in [-0.05, 0) is 30.3 Å². The molecular weight excluding hydrogens is 302 g/mol. The Labute approximate surface area is 131 Å². The maximum absolute atomic E-state index is 12.0. The molecule has 0 amide bonds. The number of hydrogen-bond acceptors (Lipinski definition) is 7. The average Bonchev–Trinajstić information content (AvgIpc) is 2.60. The topological polar surface area (TPSA) is 91.8 Å². The van der Waals surface area contributed by atoms with Gasteiger partial charge in [0.25, 0.3) is 0 Å². The van der Waals surface area contributed by atoms with Crippen molar-refractivity contribution in [2.45, 2.75) is 0 Å². The summed E-state index contributed by atoms with van der Waals surface area (Å²) in [6.45, 7) is 0. The van der Waals surface area contributed by atoms with Gasteiger partial charge in [-0.1, -0.05) is 6.07 Å². The second-order valence-electron chi connectivity index (χ2n) is 4.33. The van der Waals surface area contributed by atoms with Crippen molar-refractivity contribution in [1.82, 2.24) is 4.98 Å². The summed E-state index contributed by atoms with van der Waals surface area (Å²) in [5.41, 5.74) is 0.203. The van der Waals surface area contributed by atoms with Gasteiger partial charge in [0.2, 0.25) is 0 Å². The van der Waals surface area contributed by atoms with Crippen LogP contribution in [-0.2, 0) is 9.47 Å². The molecule has 0 radical (unpaired) electrons. The largest absolute Gasteiger partial charge is 0.465 e. The molecule has 7 nitrogen and oxygen atoms in total. The van der Waals surface area contributed by atoms with Crippen LogP contribution in [0.4, 0.5) is 0 Å². The second-order valence-corrected chi connectivity index (χ2v) is 4.33. The van der Waals surface area contributed by atoms with E-state index in [1.165, 1.54) is 44.7 Å². The molecule has 1 aromatic heterocycles. The fourth-order valence-corrected chi connectivity index (χ4v) is 1.77. The van der Waals surface area contributed by atoms with E-state index in [-0.39, 0.29) is 22.6 Å². The molecule has 23 heavy (non-hydrogen) atoms. The molecule has 0 aliphatic rings. The van der Waals surface area contributed by atoms with Crippen LogP contribution < -0.4 is 4.74 Å². The predicted molar refractivity (Wildman–Crippen MR) is 78.3 cm³/mol. The molecule has 2 aromatic rings. The molecule has 0 spiro atoms.